The van der Waals surface area contributed by atoms with Crippen molar-refractivity contribution in [2.24, 2.45) is 0 Å². The van der Waals surface area contributed by atoms with Gasteiger partial charge in [0.1, 0.15) is 0 Å². The molecule has 4 aromatic rings. The van der Waals surface area contributed by atoms with E-state index in [2.05, 4.69) is 38.1 Å². The fourth-order valence-corrected chi connectivity index (χ4v) is 4.77. The molecule has 0 amide bonds. The van der Waals surface area contributed by atoms with Crippen molar-refractivity contribution >= 4 is 32.3 Å². The minimum atomic E-state index is -3.40. The molecule has 0 saturated carbocycles. The summed E-state index contributed by atoms with van der Waals surface area (Å²) >= 11 is 6.09. The Labute approximate surface area is 185 Å². The van der Waals surface area contributed by atoms with Crippen molar-refractivity contribution in [3.05, 3.63) is 76.6 Å². The highest BCUT2D eigenvalue weighted by Gasteiger charge is 2.23. The number of aromatic nitrogens is 3. The van der Waals surface area contributed by atoms with Gasteiger partial charge in [-0.3, -0.25) is 4.90 Å². The third-order valence-corrected chi connectivity index (χ3v) is 6.76. The first-order chi connectivity index (χ1) is 14.9. The second-order valence-corrected chi connectivity index (χ2v) is 10.2. The number of sulfone groups is 1. The molecule has 2 aromatic heterocycles. The summed E-state index contributed by atoms with van der Waals surface area (Å²) in [6, 6.07) is 16.2. The molecule has 0 fully saturated rings. The molecule has 0 aliphatic carbocycles. The molecule has 1 aliphatic heterocycles. The highest BCUT2D eigenvalue weighted by Crippen LogP contribution is 2.33. The van der Waals surface area contributed by atoms with E-state index >= 15 is 0 Å². The van der Waals surface area contributed by atoms with Crippen LogP contribution in [0.4, 0.5) is 0 Å². The van der Waals surface area contributed by atoms with Gasteiger partial charge in [0.2, 0.25) is 15.0 Å². The first-order valence-electron chi connectivity index (χ1n) is 10.0. The minimum Gasteiger partial charge on any atom is -0.354 e. The van der Waals surface area contributed by atoms with E-state index in [4.69, 9.17) is 11.6 Å². The third-order valence-electron chi connectivity index (χ3n) is 5.65. The number of nitrogens with one attached hydrogen (secondary N) is 1. The fraction of sp³-hybridized carbons (Fsp3) is 0.217. The van der Waals surface area contributed by atoms with Crippen LogP contribution in [-0.2, 0) is 29.3 Å². The third kappa shape index (κ3) is 3.96. The number of H-pyrrole nitrogens is 1. The highest BCUT2D eigenvalue weighted by atomic mass is 35.5. The second kappa shape index (κ2) is 7.75. The standard InChI is InChI=1S/C23H21ClN4O2S/c1-31(29,30)23-25-12-16-13-28(11-10-20(16)27-23)14-19-18-4-2-3-5-21(18)26-22(19)15-6-8-17(24)9-7-15/h2-9,12,26H,10-11,13-14H2,1H3. The molecule has 158 valence electrons. The largest absolute Gasteiger partial charge is 0.354 e. The number of para-hydroxylation sites is 1. The molecule has 5 rings (SSSR count). The van der Waals surface area contributed by atoms with Crippen LogP contribution in [0.15, 0.2) is 59.9 Å². The second-order valence-electron chi connectivity index (χ2n) is 7.89. The fourth-order valence-electron chi connectivity index (χ4n) is 4.12. The van der Waals surface area contributed by atoms with Gasteiger partial charge in [-0.25, -0.2) is 18.4 Å². The zero-order chi connectivity index (χ0) is 21.6. The highest BCUT2D eigenvalue weighted by molar-refractivity contribution is 7.90. The predicted octanol–water partition coefficient (Wildman–Crippen LogP) is 4.24. The number of hydrogen-bond acceptors (Lipinski definition) is 5. The molecule has 8 heteroatoms. The summed E-state index contributed by atoms with van der Waals surface area (Å²) in [5, 5.41) is 1.81. The van der Waals surface area contributed by atoms with Gasteiger partial charge in [0.05, 0.1) is 11.4 Å². The summed E-state index contributed by atoms with van der Waals surface area (Å²) in [6.07, 6.45) is 3.48. The zero-order valence-corrected chi connectivity index (χ0v) is 18.5. The van der Waals surface area contributed by atoms with E-state index < -0.39 is 9.84 Å². The van der Waals surface area contributed by atoms with Gasteiger partial charge in [-0.2, -0.15) is 0 Å². The molecule has 1 aliphatic rings. The summed E-state index contributed by atoms with van der Waals surface area (Å²) < 4.78 is 23.5. The Morgan fingerprint density at radius 1 is 1.13 bits per heavy atom. The topological polar surface area (TPSA) is 79.0 Å². The Balaban J connectivity index is 1.48. The molecule has 2 aromatic carbocycles. The Morgan fingerprint density at radius 3 is 2.68 bits per heavy atom. The number of rotatable bonds is 4. The maximum atomic E-state index is 11.8. The molecule has 6 nitrogen and oxygen atoms in total. The van der Waals surface area contributed by atoms with Crippen LogP contribution in [0.25, 0.3) is 22.2 Å². The average Bonchev–Trinajstić information content (AvgIpc) is 3.11. The molecule has 0 saturated heterocycles. The van der Waals surface area contributed by atoms with Crippen LogP contribution in [0, 0.1) is 0 Å². The van der Waals surface area contributed by atoms with Gasteiger partial charge in [-0.15, -0.1) is 0 Å². The van der Waals surface area contributed by atoms with Crippen molar-refractivity contribution in [3.8, 4) is 11.3 Å². The quantitative estimate of drug-likeness (QED) is 0.468. The number of benzene rings is 2. The maximum Gasteiger partial charge on any atom is 0.246 e. The number of nitrogens with zero attached hydrogens (tertiary/aromatic N) is 3. The smallest absolute Gasteiger partial charge is 0.246 e. The van der Waals surface area contributed by atoms with Gasteiger partial charge in [0, 0.05) is 60.0 Å². The van der Waals surface area contributed by atoms with Crippen molar-refractivity contribution in [1.29, 1.82) is 0 Å². The molecule has 0 unspecified atom stereocenters. The molecular weight excluding hydrogens is 432 g/mol. The summed E-state index contributed by atoms with van der Waals surface area (Å²) in [5.74, 6) is 0. The van der Waals surface area contributed by atoms with Crippen LogP contribution >= 0.6 is 11.6 Å². The molecule has 0 bridgehead atoms. The molecular formula is C23H21ClN4O2S. The van der Waals surface area contributed by atoms with Crippen molar-refractivity contribution in [1.82, 2.24) is 19.9 Å². The van der Waals surface area contributed by atoms with Gasteiger partial charge in [0.25, 0.3) is 0 Å². The molecule has 31 heavy (non-hydrogen) atoms. The Bertz CT molecular complexity index is 1380. The van der Waals surface area contributed by atoms with Crippen molar-refractivity contribution < 1.29 is 8.42 Å². The summed E-state index contributed by atoms with van der Waals surface area (Å²) in [4.78, 5) is 14.3. The van der Waals surface area contributed by atoms with E-state index in [1.807, 2.05) is 30.3 Å². The van der Waals surface area contributed by atoms with Crippen LogP contribution < -0.4 is 0 Å². The Kier molecular flexibility index (Phi) is 5.04. The van der Waals surface area contributed by atoms with Crippen LogP contribution in [0.1, 0.15) is 16.8 Å². The van der Waals surface area contributed by atoms with Crippen molar-refractivity contribution in [2.75, 3.05) is 12.8 Å². The van der Waals surface area contributed by atoms with Gasteiger partial charge >= 0.3 is 0 Å². The van der Waals surface area contributed by atoms with E-state index in [9.17, 15) is 8.42 Å². The predicted molar refractivity (Wildman–Crippen MR) is 122 cm³/mol. The van der Waals surface area contributed by atoms with Crippen LogP contribution in [-0.4, -0.2) is 41.1 Å². The Morgan fingerprint density at radius 2 is 1.90 bits per heavy atom. The normalized spacial score (nSPS) is 14.6. The maximum absolute atomic E-state index is 11.8. The lowest BCUT2D eigenvalue weighted by Gasteiger charge is -2.28. The SMILES string of the molecule is CS(=O)(=O)c1ncc2c(n1)CCN(Cc1c(-c3ccc(Cl)cc3)[nH]c3ccccc13)C2. The van der Waals surface area contributed by atoms with Gasteiger partial charge < -0.3 is 4.98 Å². The molecule has 0 atom stereocenters. The van der Waals surface area contributed by atoms with E-state index in [1.54, 1.807) is 6.20 Å². The van der Waals surface area contributed by atoms with E-state index in [-0.39, 0.29) is 5.16 Å². The minimum absolute atomic E-state index is 0.0960. The average molecular weight is 453 g/mol. The summed E-state index contributed by atoms with van der Waals surface area (Å²) in [5.41, 5.74) is 6.31. The van der Waals surface area contributed by atoms with E-state index in [0.717, 1.165) is 47.4 Å². The first-order valence-corrected chi connectivity index (χ1v) is 12.3. The lowest BCUT2D eigenvalue weighted by molar-refractivity contribution is 0.243. The van der Waals surface area contributed by atoms with Crippen LogP contribution in [0.3, 0.4) is 0 Å². The summed E-state index contributed by atoms with van der Waals surface area (Å²) in [6.45, 7) is 2.24. The van der Waals surface area contributed by atoms with Gasteiger partial charge in [-0.05, 0) is 29.3 Å². The van der Waals surface area contributed by atoms with E-state index in [1.165, 1.54) is 10.9 Å². The molecule has 0 radical (unpaired) electrons. The number of hydrogen-bond donors (Lipinski definition) is 1. The lowest BCUT2D eigenvalue weighted by Crippen LogP contribution is -2.31. The van der Waals surface area contributed by atoms with Crippen molar-refractivity contribution in [2.45, 2.75) is 24.7 Å². The summed E-state index contributed by atoms with van der Waals surface area (Å²) in [7, 11) is -3.40. The van der Waals surface area contributed by atoms with Crippen molar-refractivity contribution in [3.63, 3.8) is 0 Å². The first kappa shape index (κ1) is 20.2. The van der Waals surface area contributed by atoms with Crippen LogP contribution in [0.2, 0.25) is 5.02 Å². The number of fused-ring (bicyclic) bond motifs is 2. The van der Waals surface area contributed by atoms with Crippen LogP contribution in [0.5, 0.6) is 0 Å². The van der Waals surface area contributed by atoms with E-state index in [0.29, 0.717) is 18.0 Å². The molecule has 3 heterocycles. The zero-order valence-electron chi connectivity index (χ0n) is 17.0. The Hall–Kier alpha value is -2.74. The monoisotopic (exact) mass is 452 g/mol. The van der Waals surface area contributed by atoms with Gasteiger partial charge in [-0.1, -0.05) is 41.9 Å². The number of halogens is 1. The van der Waals surface area contributed by atoms with Gasteiger partial charge in [0.15, 0.2) is 0 Å². The molecule has 0 spiro atoms. The lowest BCUT2D eigenvalue weighted by atomic mass is 10.0. The number of aromatic amines is 1. The molecule has 1 N–H and O–H groups in total.